The molecule has 0 spiro atoms. The summed E-state index contributed by atoms with van der Waals surface area (Å²) in [6.45, 7) is 6.31. The summed E-state index contributed by atoms with van der Waals surface area (Å²) in [6, 6.07) is 0. The van der Waals surface area contributed by atoms with Gasteiger partial charge in [-0.1, -0.05) is 6.92 Å². The Kier molecular flexibility index (Phi) is 5.03. The van der Waals surface area contributed by atoms with Crippen molar-refractivity contribution in [2.45, 2.75) is 38.6 Å². The van der Waals surface area contributed by atoms with Crippen LogP contribution in [0.5, 0.6) is 0 Å². The molecule has 5 nitrogen and oxygen atoms in total. The van der Waals surface area contributed by atoms with Gasteiger partial charge in [-0.2, -0.15) is 0 Å². The highest BCUT2D eigenvalue weighted by molar-refractivity contribution is 7.93. The zero-order valence-electron chi connectivity index (χ0n) is 12.5. The van der Waals surface area contributed by atoms with Gasteiger partial charge in [0.05, 0.1) is 5.69 Å². The second-order valence-electron chi connectivity index (χ2n) is 4.68. The minimum atomic E-state index is -3.60. The van der Waals surface area contributed by atoms with Crippen LogP contribution in [0.3, 0.4) is 0 Å². The summed E-state index contributed by atoms with van der Waals surface area (Å²) in [7, 11) is -1.79. The van der Waals surface area contributed by atoms with Crippen LogP contribution in [0.15, 0.2) is 10.3 Å². The van der Waals surface area contributed by atoms with Gasteiger partial charge in [-0.05, 0) is 38.3 Å². The highest BCUT2D eigenvalue weighted by Gasteiger charge is 2.24. The Morgan fingerprint density at radius 2 is 2.05 bits per heavy atom. The van der Waals surface area contributed by atoms with Crippen LogP contribution < -0.4 is 10.0 Å². The fourth-order valence-corrected chi connectivity index (χ4v) is 6.06. The number of hydrogen-bond donors (Lipinski definition) is 2. The molecule has 0 radical (unpaired) electrons. The van der Waals surface area contributed by atoms with Crippen molar-refractivity contribution in [2.24, 2.45) is 0 Å². The minimum Gasteiger partial charge on any atom is -0.315 e. The van der Waals surface area contributed by atoms with Gasteiger partial charge in [0.15, 0.2) is 5.13 Å². The Bertz CT molecular complexity index is 732. The van der Waals surface area contributed by atoms with Gasteiger partial charge in [0, 0.05) is 16.3 Å². The van der Waals surface area contributed by atoms with Crippen molar-refractivity contribution in [1.82, 2.24) is 10.3 Å². The Morgan fingerprint density at radius 3 is 2.62 bits per heavy atom. The molecule has 0 bridgehead atoms. The number of thiazole rings is 1. The summed E-state index contributed by atoms with van der Waals surface area (Å²) in [5.41, 5.74) is 1.71. The first-order valence-electron chi connectivity index (χ1n) is 6.59. The number of rotatable bonds is 6. The zero-order chi connectivity index (χ0) is 15.6. The van der Waals surface area contributed by atoms with Crippen molar-refractivity contribution in [2.75, 3.05) is 11.8 Å². The third-order valence-corrected chi connectivity index (χ3v) is 6.90. The third kappa shape index (κ3) is 3.45. The Labute approximate surface area is 133 Å². The van der Waals surface area contributed by atoms with Crippen LogP contribution in [0.1, 0.15) is 27.9 Å². The fraction of sp³-hybridized carbons (Fsp3) is 0.462. The molecule has 2 aromatic rings. The summed E-state index contributed by atoms with van der Waals surface area (Å²) >= 11 is 2.83. The maximum absolute atomic E-state index is 12.6. The predicted molar refractivity (Wildman–Crippen MR) is 88.9 cm³/mol. The van der Waals surface area contributed by atoms with Crippen LogP contribution in [0.25, 0.3) is 0 Å². The SMILES string of the molecule is CCc1nc(NS(=O)(=O)c2c(C)csc2CNC)sc1C. The highest BCUT2D eigenvalue weighted by Crippen LogP contribution is 2.30. The van der Waals surface area contributed by atoms with Gasteiger partial charge >= 0.3 is 0 Å². The van der Waals surface area contributed by atoms with Crippen LogP contribution in [-0.4, -0.2) is 20.4 Å². The molecule has 116 valence electrons. The molecule has 2 rings (SSSR count). The van der Waals surface area contributed by atoms with Crippen LogP contribution in [0.2, 0.25) is 0 Å². The third-order valence-electron chi connectivity index (χ3n) is 3.04. The van der Waals surface area contributed by atoms with Gasteiger partial charge in [0.2, 0.25) is 0 Å². The number of thiophene rings is 1. The monoisotopic (exact) mass is 345 g/mol. The van der Waals surface area contributed by atoms with Crippen molar-refractivity contribution in [3.05, 3.63) is 26.4 Å². The van der Waals surface area contributed by atoms with E-state index >= 15 is 0 Å². The lowest BCUT2D eigenvalue weighted by molar-refractivity contribution is 0.599. The Balaban J connectivity index is 2.36. The van der Waals surface area contributed by atoms with Crippen molar-refractivity contribution in [1.29, 1.82) is 0 Å². The first kappa shape index (κ1) is 16.4. The molecule has 21 heavy (non-hydrogen) atoms. The summed E-state index contributed by atoms with van der Waals surface area (Å²) in [5.74, 6) is 0. The van der Waals surface area contributed by atoms with E-state index in [0.717, 1.165) is 27.4 Å². The second kappa shape index (κ2) is 6.43. The van der Waals surface area contributed by atoms with Crippen molar-refractivity contribution in [3.8, 4) is 0 Å². The largest absolute Gasteiger partial charge is 0.315 e. The number of hydrogen-bond acceptors (Lipinski definition) is 6. The topological polar surface area (TPSA) is 71.1 Å². The molecule has 0 atom stereocenters. The van der Waals surface area contributed by atoms with E-state index in [4.69, 9.17) is 0 Å². The molecule has 2 aromatic heterocycles. The van der Waals surface area contributed by atoms with E-state index < -0.39 is 10.0 Å². The van der Waals surface area contributed by atoms with Gasteiger partial charge in [0.1, 0.15) is 4.90 Å². The first-order chi connectivity index (χ1) is 9.89. The minimum absolute atomic E-state index is 0.368. The van der Waals surface area contributed by atoms with E-state index in [9.17, 15) is 8.42 Å². The van der Waals surface area contributed by atoms with Crippen LogP contribution in [-0.2, 0) is 23.0 Å². The smallest absolute Gasteiger partial charge is 0.265 e. The van der Waals surface area contributed by atoms with Crippen molar-refractivity contribution in [3.63, 3.8) is 0 Å². The lowest BCUT2D eigenvalue weighted by Gasteiger charge is -2.07. The van der Waals surface area contributed by atoms with Gasteiger partial charge in [-0.15, -0.1) is 22.7 Å². The van der Waals surface area contributed by atoms with Crippen molar-refractivity contribution >= 4 is 37.8 Å². The van der Waals surface area contributed by atoms with Gasteiger partial charge in [-0.3, -0.25) is 4.72 Å². The molecule has 2 N–H and O–H groups in total. The van der Waals surface area contributed by atoms with E-state index in [1.54, 1.807) is 7.05 Å². The molecule has 8 heteroatoms. The van der Waals surface area contributed by atoms with Crippen LogP contribution in [0.4, 0.5) is 5.13 Å². The van der Waals surface area contributed by atoms with E-state index in [0.29, 0.717) is 16.6 Å². The predicted octanol–water partition coefficient (Wildman–Crippen LogP) is 2.90. The lowest BCUT2D eigenvalue weighted by atomic mass is 10.3. The molecule has 0 saturated carbocycles. The zero-order valence-corrected chi connectivity index (χ0v) is 14.9. The van der Waals surface area contributed by atoms with Crippen molar-refractivity contribution < 1.29 is 8.42 Å². The molecule has 0 aliphatic heterocycles. The second-order valence-corrected chi connectivity index (χ2v) is 8.47. The summed E-state index contributed by atoms with van der Waals surface area (Å²) in [6.07, 6.45) is 0.798. The van der Waals surface area contributed by atoms with Gasteiger partial charge in [-0.25, -0.2) is 13.4 Å². The Morgan fingerprint density at radius 1 is 1.33 bits per heavy atom. The van der Waals surface area contributed by atoms with E-state index in [1.807, 2.05) is 26.2 Å². The number of sulfonamides is 1. The lowest BCUT2D eigenvalue weighted by Crippen LogP contribution is -2.16. The molecule has 0 fully saturated rings. The molecular weight excluding hydrogens is 326 g/mol. The van der Waals surface area contributed by atoms with E-state index in [2.05, 4.69) is 15.0 Å². The number of anilines is 1. The normalized spacial score (nSPS) is 11.8. The van der Waals surface area contributed by atoms with Gasteiger partial charge in [0.25, 0.3) is 10.0 Å². The number of nitrogens with zero attached hydrogens (tertiary/aromatic N) is 1. The summed E-state index contributed by atoms with van der Waals surface area (Å²) < 4.78 is 27.9. The molecule has 0 saturated heterocycles. The first-order valence-corrected chi connectivity index (χ1v) is 9.77. The highest BCUT2D eigenvalue weighted by atomic mass is 32.2. The average molecular weight is 346 g/mol. The summed E-state index contributed by atoms with van der Waals surface area (Å²) in [5, 5.41) is 5.30. The molecule has 0 amide bonds. The molecule has 0 aliphatic rings. The standard InChI is InChI=1S/C13H19N3O2S3/c1-5-10-9(3)20-13(15-10)16-21(17,18)12-8(2)7-19-11(12)6-14-4/h7,14H,5-6H2,1-4H3,(H,15,16). The van der Waals surface area contributed by atoms with E-state index in [-0.39, 0.29) is 0 Å². The number of aryl methyl sites for hydroxylation is 3. The molecular formula is C13H19N3O2S3. The fourth-order valence-electron chi connectivity index (χ4n) is 2.10. The van der Waals surface area contributed by atoms with E-state index in [1.165, 1.54) is 22.7 Å². The maximum atomic E-state index is 12.6. The summed E-state index contributed by atoms with van der Waals surface area (Å²) in [4.78, 5) is 6.57. The molecule has 0 unspecified atom stereocenters. The van der Waals surface area contributed by atoms with Crippen LogP contribution >= 0.6 is 22.7 Å². The number of aromatic nitrogens is 1. The van der Waals surface area contributed by atoms with Crippen LogP contribution in [0, 0.1) is 13.8 Å². The average Bonchev–Trinajstić information content (AvgIpc) is 2.93. The quantitative estimate of drug-likeness (QED) is 0.844. The molecule has 2 heterocycles. The maximum Gasteiger partial charge on any atom is 0.265 e. The molecule has 0 aromatic carbocycles. The number of nitrogens with one attached hydrogen (secondary N) is 2. The molecule has 0 aliphatic carbocycles. The Hall–Kier alpha value is -0.960. The van der Waals surface area contributed by atoms with Gasteiger partial charge < -0.3 is 5.32 Å².